The fourth-order valence-electron chi connectivity index (χ4n) is 3.61. The molecule has 0 radical (unpaired) electrons. The number of hydrogen-bond donors (Lipinski definition) is 1. The summed E-state index contributed by atoms with van der Waals surface area (Å²) in [5, 5.41) is 3.01. The Morgan fingerprint density at radius 3 is 2.75 bits per heavy atom. The largest absolute Gasteiger partial charge is 0.454 e. The van der Waals surface area contributed by atoms with Crippen molar-refractivity contribution in [2.75, 3.05) is 26.5 Å². The SMILES string of the molecule is O=C(CN(Cc1ccccc1)CC1CCCO1)NCc1ccc2c(c1)OCO2. The number of benzene rings is 2. The van der Waals surface area contributed by atoms with Crippen LogP contribution in [0.3, 0.4) is 0 Å². The molecule has 1 saturated heterocycles. The number of nitrogens with zero attached hydrogens (tertiary/aromatic N) is 1. The van der Waals surface area contributed by atoms with Gasteiger partial charge in [-0.15, -0.1) is 0 Å². The highest BCUT2D eigenvalue weighted by atomic mass is 16.7. The van der Waals surface area contributed by atoms with Crippen molar-refractivity contribution in [3.05, 3.63) is 59.7 Å². The van der Waals surface area contributed by atoms with Crippen molar-refractivity contribution < 1.29 is 19.0 Å². The zero-order valence-corrected chi connectivity index (χ0v) is 15.9. The smallest absolute Gasteiger partial charge is 0.234 e. The van der Waals surface area contributed by atoms with Gasteiger partial charge in [0.2, 0.25) is 12.7 Å². The summed E-state index contributed by atoms with van der Waals surface area (Å²) in [6.45, 7) is 3.39. The Labute approximate surface area is 165 Å². The molecule has 1 unspecified atom stereocenters. The molecule has 28 heavy (non-hydrogen) atoms. The number of amides is 1. The molecule has 2 aromatic carbocycles. The Morgan fingerprint density at radius 1 is 1.07 bits per heavy atom. The second-order valence-electron chi connectivity index (χ2n) is 7.25. The summed E-state index contributed by atoms with van der Waals surface area (Å²) in [4.78, 5) is 14.7. The molecule has 1 fully saturated rings. The van der Waals surface area contributed by atoms with Crippen molar-refractivity contribution in [1.29, 1.82) is 0 Å². The molecule has 1 N–H and O–H groups in total. The van der Waals surface area contributed by atoms with Crippen LogP contribution in [0.2, 0.25) is 0 Å². The fourth-order valence-corrected chi connectivity index (χ4v) is 3.61. The van der Waals surface area contributed by atoms with Gasteiger partial charge in [0, 0.05) is 26.2 Å². The average molecular weight is 382 g/mol. The number of ether oxygens (including phenoxy) is 3. The van der Waals surface area contributed by atoms with E-state index in [2.05, 4.69) is 22.3 Å². The summed E-state index contributed by atoms with van der Waals surface area (Å²) >= 11 is 0. The van der Waals surface area contributed by atoms with E-state index in [0.29, 0.717) is 13.1 Å². The van der Waals surface area contributed by atoms with Crippen molar-refractivity contribution in [2.45, 2.75) is 32.0 Å². The predicted molar refractivity (Wildman–Crippen MR) is 105 cm³/mol. The fraction of sp³-hybridized carbons (Fsp3) is 0.409. The van der Waals surface area contributed by atoms with Gasteiger partial charge in [-0.1, -0.05) is 36.4 Å². The number of nitrogens with one attached hydrogen (secondary N) is 1. The third-order valence-corrected chi connectivity index (χ3v) is 5.03. The van der Waals surface area contributed by atoms with Gasteiger partial charge in [-0.2, -0.15) is 0 Å². The van der Waals surface area contributed by atoms with Gasteiger partial charge in [0.1, 0.15) is 0 Å². The topological polar surface area (TPSA) is 60.0 Å². The minimum atomic E-state index is 0.00611. The van der Waals surface area contributed by atoms with Gasteiger partial charge in [-0.25, -0.2) is 0 Å². The second-order valence-corrected chi connectivity index (χ2v) is 7.25. The summed E-state index contributed by atoms with van der Waals surface area (Å²) in [7, 11) is 0. The Bertz CT molecular complexity index is 790. The first-order chi connectivity index (χ1) is 13.8. The van der Waals surface area contributed by atoms with Crippen LogP contribution in [0.4, 0.5) is 0 Å². The van der Waals surface area contributed by atoms with E-state index in [1.807, 2.05) is 36.4 Å². The molecule has 0 bridgehead atoms. The van der Waals surface area contributed by atoms with E-state index in [1.165, 1.54) is 5.56 Å². The monoisotopic (exact) mass is 382 g/mol. The maximum Gasteiger partial charge on any atom is 0.234 e. The molecule has 2 aliphatic rings. The predicted octanol–water partition coefficient (Wildman–Crippen LogP) is 2.71. The van der Waals surface area contributed by atoms with Gasteiger partial charge in [-0.05, 0) is 36.1 Å². The van der Waals surface area contributed by atoms with E-state index in [1.54, 1.807) is 0 Å². The number of hydrogen-bond acceptors (Lipinski definition) is 5. The zero-order valence-electron chi connectivity index (χ0n) is 15.9. The van der Waals surface area contributed by atoms with E-state index < -0.39 is 0 Å². The molecule has 0 saturated carbocycles. The van der Waals surface area contributed by atoms with Crippen LogP contribution >= 0.6 is 0 Å². The lowest BCUT2D eigenvalue weighted by atomic mass is 10.1. The number of carbonyl (C=O) groups is 1. The summed E-state index contributed by atoms with van der Waals surface area (Å²) in [6, 6.07) is 16.0. The molecule has 6 heteroatoms. The van der Waals surface area contributed by atoms with Crippen molar-refractivity contribution in [3.63, 3.8) is 0 Å². The maximum absolute atomic E-state index is 12.6. The molecule has 2 heterocycles. The first-order valence-electron chi connectivity index (χ1n) is 9.79. The molecule has 2 aliphatic heterocycles. The molecular weight excluding hydrogens is 356 g/mol. The van der Waals surface area contributed by atoms with Crippen LogP contribution in [0.1, 0.15) is 24.0 Å². The lowest BCUT2D eigenvalue weighted by Crippen LogP contribution is -2.40. The van der Waals surface area contributed by atoms with Gasteiger partial charge in [0.05, 0.1) is 12.6 Å². The lowest BCUT2D eigenvalue weighted by Gasteiger charge is -2.24. The first-order valence-corrected chi connectivity index (χ1v) is 9.79. The minimum absolute atomic E-state index is 0.00611. The Balaban J connectivity index is 1.32. The molecule has 2 aromatic rings. The van der Waals surface area contributed by atoms with Crippen LogP contribution in [0.5, 0.6) is 11.5 Å². The van der Waals surface area contributed by atoms with Gasteiger partial charge >= 0.3 is 0 Å². The highest BCUT2D eigenvalue weighted by Gasteiger charge is 2.21. The number of rotatable bonds is 8. The quantitative estimate of drug-likeness (QED) is 0.761. The molecule has 1 atom stereocenters. The number of carbonyl (C=O) groups excluding carboxylic acids is 1. The standard InChI is InChI=1S/C22H26N2O4/c25-22(23-12-18-8-9-20-21(11-18)28-16-27-20)15-24(14-19-7-4-10-26-19)13-17-5-2-1-3-6-17/h1-3,5-6,8-9,11,19H,4,7,10,12-16H2,(H,23,25). The third-order valence-electron chi connectivity index (χ3n) is 5.03. The zero-order chi connectivity index (χ0) is 19.2. The molecular formula is C22H26N2O4. The first kappa shape index (κ1) is 18.8. The lowest BCUT2D eigenvalue weighted by molar-refractivity contribution is -0.122. The van der Waals surface area contributed by atoms with Gasteiger partial charge in [0.25, 0.3) is 0 Å². The highest BCUT2D eigenvalue weighted by Crippen LogP contribution is 2.32. The van der Waals surface area contributed by atoms with Gasteiger partial charge in [-0.3, -0.25) is 9.69 Å². The van der Waals surface area contributed by atoms with Gasteiger partial charge < -0.3 is 19.5 Å². The second kappa shape index (κ2) is 9.08. The third kappa shape index (κ3) is 5.03. The van der Waals surface area contributed by atoms with E-state index in [0.717, 1.165) is 49.6 Å². The Hall–Kier alpha value is -2.57. The normalized spacial score (nSPS) is 17.8. The van der Waals surface area contributed by atoms with Crippen LogP contribution < -0.4 is 14.8 Å². The van der Waals surface area contributed by atoms with E-state index in [-0.39, 0.29) is 18.8 Å². The highest BCUT2D eigenvalue weighted by molar-refractivity contribution is 5.78. The Morgan fingerprint density at radius 2 is 1.93 bits per heavy atom. The molecule has 0 aliphatic carbocycles. The van der Waals surface area contributed by atoms with Crippen molar-refractivity contribution in [3.8, 4) is 11.5 Å². The van der Waals surface area contributed by atoms with Crippen LogP contribution in [-0.2, 0) is 22.6 Å². The van der Waals surface area contributed by atoms with E-state index >= 15 is 0 Å². The molecule has 1 amide bonds. The van der Waals surface area contributed by atoms with Crippen LogP contribution in [0.25, 0.3) is 0 Å². The van der Waals surface area contributed by atoms with Crippen molar-refractivity contribution >= 4 is 5.91 Å². The van der Waals surface area contributed by atoms with Crippen LogP contribution in [-0.4, -0.2) is 43.4 Å². The molecule has 148 valence electrons. The minimum Gasteiger partial charge on any atom is -0.454 e. The van der Waals surface area contributed by atoms with E-state index in [4.69, 9.17) is 14.2 Å². The molecule has 6 nitrogen and oxygen atoms in total. The maximum atomic E-state index is 12.6. The summed E-state index contributed by atoms with van der Waals surface area (Å²) in [6.07, 6.45) is 2.37. The number of fused-ring (bicyclic) bond motifs is 1. The van der Waals surface area contributed by atoms with E-state index in [9.17, 15) is 4.79 Å². The molecule has 0 aromatic heterocycles. The van der Waals surface area contributed by atoms with Crippen LogP contribution in [0.15, 0.2) is 48.5 Å². The molecule has 0 spiro atoms. The molecule has 4 rings (SSSR count). The van der Waals surface area contributed by atoms with Crippen LogP contribution in [0, 0.1) is 0 Å². The van der Waals surface area contributed by atoms with Crippen molar-refractivity contribution in [1.82, 2.24) is 10.2 Å². The van der Waals surface area contributed by atoms with Crippen molar-refractivity contribution in [2.24, 2.45) is 0 Å². The van der Waals surface area contributed by atoms with Gasteiger partial charge in [0.15, 0.2) is 11.5 Å². The Kier molecular flexibility index (Phi) is 6.09. The average Bonchev–Trinajstić information content (AvgIpc) is 3.38. The summed E-state index contributed by atoms with van der Waals surface area (Å²) in [5.74, 6) is 1.49. The summed E-state index contributed by atoms with van der Waals surface area (Å²) < 4.78 is 16.5. The summed E-state index contributed by atoms with van der Waals surface area (Å²) in [5.41, 5.74) is 2.19.